The number of aryl methyl sites for hydroxylation is 1. The summed E-state index contributed by atoms with van der Waals surface area (Å²) in [7, 11) is 1.42. The van der Waals surface area contributed by atoms with Crippen LogP contribution in [-0.2, 0) is 28.7 Å². The molecule has 2 aromatic rings. The Labute approximate surface area is 225 Å². The van der Waals surface area contributed by atoms with Crippen LogP contribution in [0.5, 0.6) is 5.75 Å². The number of alkyl halides is 3. The Balaban J connectivity index is 1.28. The summed E-state index contributed by atoms with van der Waals surface area (Å²) < 4.78 is 65.8. The van der Waals surface area contributed by atoms with Crippen molar-refractivity contribution in [3.8, 4) is 5.75 Å². The normalized spacial score (nSPS) is 20.9. The van der Waals surface area contributed by atoms with E-state index in [4.69, 9.17) is 21.1 Å². The SMILES string of the molecule is COC(=O)[C@@H](C)[C@H](c1ccc2c(c1)OC1(CC2)CCN(Cc2cc(C(F)(F)F)cc(Cl)c2F)CC1)C1CC1. The maximum Gasteiger partial charge on any atom is 0.416 e. The van der Waals surface area contributed by atoms with E-state index in [9.17, 15) is 22.4 Å². The predicted octanol–water partition coefficient (Wildman–Crippen LogP) is 7.16. The van der Waals surface area contributed by atoms with E-state index < -0.39 is 22.6 Å². The zero-order chi connectivity index (χ0) is 27.2. The first-order valence-electron chi connectivity index (χ1n) is 13.2. The summed E-state index contributed by atoms with van der Waals surface area (Å²) >= 11 is 5.77. The van der Waals surface area contributed by atoms with E-state index in [2.05, 4.69) is 18.2 Å². The molecule has 38 heavy (non-hydrogen) atoms. The van der Waals surface area contributed by atoms with Gasteiger partial charge in [0.25, 0.3) is 0 Å². The lowest BCUT2D eigenvalue weighted by molar-refractivity contribution is -0.145. The van der Waals surface area contributed by atoms with E-state index in [1.807, 2.05) is 11.8 Å². The summed E-state index contributed by atoms with van der Waals surface area (Å²) in [5.74, 6) is 0.152. The Morgan fingerprint density at radius 2 is 1.89 bits per heavy atom. The maximum absolute atomic E-state index is 14.6. The summed E-state index contributed by atoms with van der Waals surface area (Å²) in [5.41, 5.74) is 0.876. The van der Waals surface area contributed by atoms with E-state index in [1.54, 1.807) is 0 Å². The van der Waals surface area contributed by atoms with Crippen LogP contribution in [-0.4, -0.2) is 36.7 Å². The number of hydrogen-bond donors (Lipinski definition) is 0. The summed E-state index contributed by atoms with van der Waals surface area (Å²) in [5, 5.41) is -0.516. The van der Waals surface area contributed by atoms with E-state index in [0.717, 1.165) is 48.6 Å². The topological polar surface area (TPSA) is 38.8 Å². The molecule has 5 rings (SSSR count). The molecular formula is C29H32ClF4NO3. The van der Waals surface area contributed by atoms with Crippen LogP contribution in [0.4, 0.5) is 17.6 Å². The molecule has 0 unspecified atom stereocenters. The van der Waals surface area contributed by atoms with Crippen molar-refractivity contribution in [1.29, 1.82) is 0 Å². The van der Waals surface area contributed by atoms with Crippen molar-refractivity contribution in [3.05, 3.63) is 63.4 Å². The van der Waals surface area contributed by atoms with Gasteiger partial charge in [-0.2, -0.15) is 13.2 Å². The van der Waals surface area contributed by atoms with Gasteiger partial charge in [0.1, 0.15) is 17.2 Å². The number of likely N-dealkylation sites (tertiary alicyclic amines) is 1. The first-order valence-corrected chi connectivity index (χ1v) is 13.5. The summed E-state index contributed by atoms with van der Waals surface area (Å²) in [6.07, 6.45) is 0.705. The van der Waals surface area contributed by atoms with Crippen LogP contribution in [0.15, 0.2) is 30.3 Å². The van der Waals surface area contributed by atoms with E-state index in [1.165, 1.54) is 7.11 Å². The molecule has 1 spiro atoms. The highest BCUT2D eigenvalue weighted by Crippen LogP contribution is 2.49. The van der Waals surface area contributed by atoms with Crippen molar-refractivity contribution in [2.24, 2.45) is 11.8 Å². The zero-order valence-corrected chi connectivity index (χ0v) is 22.3. The number of rotatable bonds is 6. The smallest absolute Gasteiger partial charge is 0.416 e. The number of esters is 1. The molecule has 2 aromatic carbocycles. The molecular weight excluding hydrogens is 522 g/mol. The third-order valence-electron chi connectivity index (χ3n) is 8.49. The van der Waals surface area contributed by atoms with E-state index in [-0.39, 0.29) is 35.5 Å². The molecule has 206 valence electrons. The lowest BCUT2D eigenvalue weighted by Crippen LogP contribution is -2.49. The monoisotopic (exact) mass is 553 g/mol. The molecule has 1 saturated heterocycles. The second-order valence-electron chi connectivity index (χ2n) is 11.0. The number of fused-ring (bicyclic) bond motifs is 1. The van der Waals surface area contributed by atoms with Crippen molar-refractivity contribution in [2.75, 3.05) is 20.2 Å². The standard InChI is InChI=1S/C29H32ClF4NO3/c1-17(27(36)37-2)25(19-4-5-19)20-6-3-18-7-8-28(38-24(18)14-20)9-11-35(12-10-28)16-21-13-22(29(32,33)34)15-23(30)26(21)31/h3,6,13-15,17,19,25H,4-5,7-12,16H2,1-2H3/t17-,25-/m0/s1. The minimum Gasteiger partial charge on any atom is -0.487 e. The summed E-state index contributed by atoms with van der Waals surface area (Å²) in [6, 6.07) is 7.79. The average molecular weight is 554 g/mol. The predicted molar refractivity (Wildman–Crippen MR) is 136 cm³/mol. The number of hydrogen-bond acceptors (Lipinski definition) is 4. The fourth-order valence-electron chi connectivity index (χ4n) is 6.12. The minimum atomic E-state index is -4.59. The van der Waals surface area contributed by atoms with Crippen LogP contribution in [0.2, 0.25) is 5.02 Å². The van der Waals surface area contributed by atoms with Crippen molar-refractivity contribution in [2.45, 2.75) is 69.7 Å². The van der Waals surface area contributed by atoms with Gasteiger partial charge in [0, 0.05) is 25.2 Å². The molecule has 0 amide bonds. The molecule has 0 aromatic heterocycles. The lowest BCUT2D eigenvalue weighted by atomic mass is 9.80. The molecule has 2 atom stereocenters. The number of nitrogens with zero attached hydrogens (tertiary/aromatic N) is 1. The van der Waals surface area contributed by atoms with Crippen LogP contribution in [0.25, 0.3) is 0 Å². The third-order valence-corrected chi connectivity index (χ3v) is 8.76. The molecule has 1 saturated carbocycles. The molecule has 2 aliphatic heterocycles. The number of ether oxygens (including phenoxy) is 2. The minimum absolute atomic E-state index is 0.0498. The van der Waals surface area contributed by atoms with Gasteiger partial charge in [0.15, 0.2) is 0 Å². The largest absolute Gasteiger partial charge is 0.487 e. The number of benzene rings is 2. The van der Waals surface area contributed by atoms with Crippen LogP contribution >= 0.6 is 11.6 Å². The number of methoxy groups -OCH3 is 1. The first kappa shape index (κ1) is 27.3. The van der Waals surface area contributed by atoms with Crippen LogP contribution in [0.3, 0.4) is 0 Å². The van der Waals surface area contributed by atoms with Gasteiger partial charge in [-0.15, -0.1) is 0 Å². The number of halogens is 5. The quantitative estimate of drug-likeness (QED) is 0.281. The molecule has 1 aliphatic carbocycles. The molecule has 9 heteroatoms. The van der Waals surface area contributed by atoms with Gasteiger partial charge in [0.2, 0.25) is 0 Å². The zero-order valence-electron chi connectivity index (χ0n) is 21.5. The van der Waals surface area contributed by atoms with Gasteiger partial charge in [-0.1, -0.05) is 30.7 Å². The highest BCUT2D eigenvalue weighted by atomic mass is 35.5. The van der Waals surface area contributed by atoms with Gasteiger partial charge in [-0.3, -0.25) is 9.69 Å². The van der Waals surface area contributed by atoms with Crippen LogP contribution < -0.4 is 4.74 Å². The molecule has 0 bridgehead atoms. The highest BCUT2D eigenvalue weighted by molar-refractivity contribution is 6.30. The number of piperidine rings is 1. The Morgan fingerprint density at radius 3 is 2.53 bits per heavy atom. The van der Waals surface area contributed by atoms with Crippen LogP contribution in [0.1, 0.15) is 67.2 Å². The van der Waals surface area contributed by atoms with Gasteiger partial charge in [0.05, 0.1) is 23.6 Å². The third kappa shape index (κ3) is 5.53. The maximum atomic E-state index is 14.6. The lowest BCUT2D eigenvalue weighted by Gasteiger charge is -2.45. The van der Waals surface area contributed by atoms with Gasteiger partial charge < -0.3 is 9.47 Å². The molecule has 2 heterocycles. The van der Waals surface area contributed by atoms with Crippen molar-refractivity contribution in [3.63, 3.8) is 0 Å². The first-order chi connectivity index (χ1) is 18.0. The van der Waals surface area contributed by atoms with Gasteiger partial charge in [-0.05, 0) is 79.7 Å². The molecule has 2 fully saturated rings. The van der Waals surface area contributed by atoms with E-state index in [0.29, 0.717) is 37.9 Å². The number of carbonyl (C=O) groups excluding carboxylic acids is 1. The fourth-order valence-corrected chi connectivity index (χ4v) is 6.36. The second-order valence-corrected chi connectivity index (χ2v) is 11.4. The van der Waals surface area contributed by atoms with E-state index >= 15 is 0 Å². The molecule has 4 nitrogen and oxygen atoms in total. The Hall–Kier alpha value is -2.32. The second kappa shape index (κ2) is 10.3. The van der Waals surface area contributed by atoms with Gasteiger partial charge in [-0.25, -0.2) is 4.39 Å². The number of carbonyl (C=O) groups is 1. The average Bonchev–Trinajstić information content (AvgIpc) is 3.72. The molecule has 3 aliphatic rings. The summed E-state index contributed by atoms with van der Waals surface area (Å²) in [6.45, 7) is 3.13. The van der Waals surface area contributed by atoms with Crippen molar-refractivity contribution >= 4 is 17.6 Å². The summed E-state index contributed by atoms with van der Waals surface area (Å²) in [4.78, 5) is 14.3. The highest BCUT2D eigenvalue weighted by Gasteiger charge is 2.42. The van der Waals surface area contributed by atoms with Gasteiger partial charge >= 0.3 is 12.1 Å². The molecule has 0 radical (unpaired) electrons. The Kier molecular flexibility index (Phi) is 7.42. The Morgan fingerprint density at radius 1 is 1.18 bits per heavy atom. The van der Waals surface area contributed by atoms with Crippen LogP contribution in [0, 0.1) is 17.7 Å². The fraction of sp³-hybridized carbons (Fsp3) is 0.552. The Bertz CT molecular complexity index is 1210. The molecule has 0 N–H and O–H groups in total. The van der Waals surface area contributed by atoms with Crippen molar-refractivity contribution in [1.82, 2.24) is 4.90 Å². The van der Waals surface area contributed by atoms with Crippen molar-refractivity contribution < 1.29 is 31.8 Å².